The van der Waals surface area contributed by atoms with E-state index >= 15 is 0 Å². The molecule has 2 aromatic heterocycles. The summed E-state index contributed by atoms with van der Waals surface area (Å²) in [6.45, 7) is 2.23. The summed E-state index contributed by atoms with van der Waals surface area (Å²) < 4.78 is 26.3. The van der Waals surface area contributed by atoms with Crippen molar-refractivity contribution in [1.29, 1.82) is 0 Å². The first-order valence-corrected chi connectivity index (χ1v) is 8.56. The Kier molecular flexibility index (Phi) is 3.64. The third-order valence-electron chi connectivity index (χ3n) is 3.54. The largest absolute Gasteiger partial charge is 0.352 e. The molecule has 0 bridgehead atoms. The van der Waals surface area contributed by atoms with Crippen molar-refractivity contribution in [2.75, 3.05) is 37.3 Å². The molecule has 0 N–H and O–H groups in total. The highest BCUT2D eigenvalue weighted by atomic mass is 32.2. The number of sulfonamides is 1. The van der Waals surface area contributed by atoms with Crippen molar-refractivity contribution in [1.82, 2.24) is 19.1 Å². The van der Waals surface area contributed by atoms with Crippen molar-refractivity contribution >= 4 is 15.8 Å². The summed E-state index contributed by atoms with van der Waals surface area (Å²) >= 11 is 0. The number of piperazine rings is 1. The number of hydrogen-bond acceptors (Lipinski definition) is 5. The first-order valence-electron chi connectivity index (χ1n) is 6.71. The summed E-state index contributed by atoms with van der Waals surface area (Å²) in [7, 11) is -3.10. The molecule has 0 saturated carbocycles. The topological polar surface area (TPSA) is 71.3 Å². The summed E-state index contributed by atoms with van der Waals surface area (Å²) in [5, 5.41) is 8.44. The van der Waals surface area contributed by atoms with Crippen LogP contribution in [0.5, 0.6) is 0 Å². The van der Waals surface area contributed by atoms with Gasteiger partial charge < -0.3 is 9.47 Å². The molecular weight excluding hydrogens is 290 g/mol. The first kappa shape index (κ1) is 14.0. The SMILES string of the molecule is CS(=O)(=O)N1CCN(c2ccc(-n3cccc3)nn2)CC1. The van der Waals surface area contributed by atoms with E-state index in [9.17, 15) is 8.42 Å². The third-order valence-corrected chi connectivity index (χ3v) is 4.84. The van der Waals surface area contributed by atoms with E-state index in [2.05, 4.69) is 10.2 Å². The van der Waals surface area contributed by atoms with E-state index in [1.807, 2.05) is 46.1 Å². The van der Waals surface area contributed by atoms with Crippen LogP contribution in [-0.2, 0) is 10.0 Å². The van der Waals surface area contributed by atoms with Crippen molar-refractivity contribution in [2.24, 2.45) is 0 Å². The number of anilines is 1. The van der Waals surface area contributed by atoms with Gasteiger partial charge in [-0.3, -0.25) is 0 Å². The Bertz CT molecular complexity index is 689. The van der Waals surface area contributed by atoms with Crippen LogP contribution < -0.4 is 4.90 Å². The average Bonchev–Trinajstić information content (AvgIpc) is 3.01. The lowest BCUT2D eigenvalue weighted by atomic mass is 10.3. The van der Waals surface area contributed by atoms with Crippen LogP contribution in [0.1, 0.15) is 0 Å². The van der Waals surface area contributed by atoms with Crippen LogP contribution in [0.15, 0.2) is 36.7 Å². The summed E-state index contributed by atoms with van der Waals surface area (Å²) in [5.74, 6) is 1.54. The number of rotatable bonds is 3. The lowest BCUT2D eigenvalue weighted by molar-refractivity contribution is 0.386. The highest BCUT2D eigenvalue weighted by Crippen LogP contribution is 2.15. The van der Waals surface area contributed by atoms with Gasteiger partial charge in [-0.25, -0.2) is 8.42 Å². The van der Waals surface area contributed by atoms with Gasteiger partial charge >= 0.3 is 0 Å². The van der Waals surface area contributed by atoms with Gasteiger partial charge in [0.25, 0.3) is 0 Å². The third kappa shape index (κ3) is 3.06. The minimum Gasteiger partial charge on any atom is -0.352 e. The van der Waals surface area contributed by atoms with Gasteiger partial charge in [0, 0.05) is 38.6 Å². The standard InChI is InChI=1S/C13H17N5O2S/c1-21(19,20)18-10-8-17(9-11-18)13-5-4-12(14-15-13)16-6-2-3-7-16/h2-7H,8-11H2,1H3. The summed E-state index contributed by atoms with van der Waals surface area (Å²) in [6.07, 6.45) is 5.07. The van der Waals surface area contributed by atoms with E-state index in [0.29, 0.717) is 26.2 Å². The molecule has 112 valence electrons. The minimum absolute atomic E-state index is 0.486. The van der Waals surface area contributed by atoms with Crippen molar-refractivity contribution in [3.63, 3.8) is 0 Å². The maximum atomic E-state index is 11.5. The van der Waals surface area contributed by atoms with Gasteiger partial charge in [-0.05, 0) is 24.3 Å². The van der Waals surface area contributed by atoms with Gasteiger partial charge in [-0.2, -0.15) is 4.31 Å². The van der Waals surface area contributed by atoms with Crippen molar-refractivity contribution in [3.05, 3.63) is 36.7 Å². The Labute approximate surface area is 123 Å². The smallest absolute Gasteiger partial charge is 0.211 e. The lowest BCUT2D eigenvalue weighted by Crippen LogP contribution is -2.48. The minimum atomic E-state index is -3.10. The fraction of sp³-hybridized carbons (Fsp3) is 0.385. The van der Waals surface area contributed by atoms with Crippen LogP contribution in [-0.4, -0.2) is 59.9 Å². The van der Waals surface area contributed by atoms with Crippen LogP contribution >= 0.6 is 0 Å². The summed E-state index contributed by atoms with van der Waals surface area (Å²) in [6, 6.07) is 7.68. The van der Waals surface area contributed by atoms with Gasteiger partial charge in [-0.1, -0.05) is 0 Å². The van der Waals surface area contributed by atoms with Gasteiger partial charge in [0.15, 0.2) is 11.6 Å². The molecule has 21 heavy (non-hydrogen) atoms. The molecule has 2 aromatic rings. The van der Waals surface area contributed by atoms with E-state index in [-0.39, 0.29) is 0 Å². The molecule has 0 radical (unpaired) electrons. The maximum absolute atomic E-state index is 11.5. The van der Waals surface area contributed by atoms with Crippen LogP contribution in [0.25, 0.3) is 5.82 Å². The molecular formula is C13H17N5O2S. The molecule has 0 amide bonds. The molecule has 1 saturated heterocycles. The van der Waals surface area contributed by atoms with Gasteiger partial charge in [0.05, 0.1) is 6.26 Å². The fourth-order valence-corrected chi connectivity index (χ4v) is 3.19. The Morgan fingerprint density at radius 1 is 0.952 bits per heavy atom. The van der Waals surface area contributed by atoms with E-state index < -0.39 is 10.0 Å². The van der Waals surface area contributed by atoms with Crippen molar-refractivity contribution in [2.45, 2.75) is 0 Å². The van der Waals surface area contributed by atoms with Crippen LogP contribution in [0.2, 0.25) is 0 Å². The molecule has 3 rings (SSSR count). The zero-order valence-corrected chi connectivity index (χ0v) is 12.6. The number of hydrogen-bond donors (Lipinski definition) is 0. The van der Waals surface area contributed by atoms with Crippen molar-refractivity contribution in [3.8, 4) is 5.82 Å². The van der Waals surface area contributed by atoms with Crippen LogP contribution in [0.3, 0.4) is 0 Å². The van der Waals surface area contributed by atoms with E-state index in [1.54, 1.807) is 0 Å². The van der Waals surface area contributed by atoms with Gasteiger partial charge in [0.2, 0.25) is 10.0 Å². The second kappa shape index (κ2) is 5.45. The molecule has 1 fully saturated rings. The van der Waals surface area contributed by atoms with Gasteiger partial charge in [-0.15, -0.1) is 10.2 Å². The molecule has 0 aromatic carbocycles. The summed E-state index contributed by atoms with van der Waals surface area (Å²) in [5.41, 5.74) is 0. The first-order chi connectivity index (χ1) is 10.0. The molecule has 0 unspecified atom stereocenters. The Hall–Kier alpha value is -1.93. The predicted octanol–water partition coefficient (Wildman–Crippen LogP) is 0.349. The van der Waals surface area contributed by atoms with Crippen molar-refractivity contribution < 1.29 is 8.42 Å². The molecule has 0 aliphatic carbocycles. The number of nitrogens with zero attached hydrogens (tertiary/aromatic N) is 5. The van der Waals surface area contributed by atoms with Gasteiger partial charge in [0.1, 0.15) is 0 Å². The van der Waals surface area contributed by atoms with E-state index in [4.69, 9.17) is 0 Å². The molecule has 8 heteroatoms. The normalized spacial score (nSPS) is 17.1. The zero-order valence-electron chi connectivity index (χ0n) is 11.8. The maximum Gasteiger partial charge on any atom is 0.211 e. The second-order valence-electron chi connectivity index (χ2n) is 4.99. The fourth-order valence-electron chi connectivity index (χ4n) is 2.36. The Balaban J connectivity index is 1.69. The average molecular weight is 307 g/mol. The zero-order chi connectivity index (χ0) is 14.9. The lowest BCUT2D eigenvalue weighted by Gasteiger charge is -2.33. The Morgan fingerprint density at radius 2 is 1.52 bits per heavy atom. The van der Waals surface area contributed by atoms with Crippen LogP contribution in [0, 0.1) is 0 Å². The van der Waals surface area contributed by atoms with Crippen LogP contribution in [0.4, 0.5) is 5.82 Å². The van der Waals surface area contributed by atoms with E-state index in [1.165, 1.54) is 10.6 Å². The predicted molar refractivity (Wildman–Crippen MR) is 80.0 cm³/mol. The van der Waals surface area contributed by atoms with E-state index in [0.717, 1.165) is 11.6 Å². The molecule has 1 aliphatic heterocycles. The molecule has 7 nitrogen and oxygen atoms in total. The molecule has 3 heterocycles. The monoisotopic (exact) mass is 307 g/mol. The molecule has 0 atom stereocenters. The highest BCUT2D eigenvalue weighted by Gasteiger charge is 2.24. The molecule has 0 spiro atoms. The summed E-state index contributed by atoms with van der Waals surface area (Å²) in [4.78, 5) is 2.05. The Morgan fingerprint density at radius 3 is 2.05 bits per heavy atom. The quantitative estimate of drug-likeness (QED) is 0.818. The second-order valence-corrected chi connectivity index (χ2v) is 6.97. The highest BCUT2D eigenvalue weighted by molar-refractivity contribution is 7.88. The number of aromatic nitrogens is 3. The molecule has 1 aliphatic rings.